The van der Waals surface area contributed by atoms with Crippen molar-refractivity contribution in [2.45, 2.75) is 52.2 Å². The summed E-state index contributed by atoms with van der Waals surface area (Å²) in [5, 5.41) is 3.41. The molecule has 3 atom stereocenters. The van der Waals surface area contributed by atoms with Crippen LogP contribution in [0.1, 0.15) is 40.0 Å². The lowest BCUT2D eigenvalue weighted by Gasteiger charge is -2.22. The minimum Gasteiger partial charge on any atom is -0.326 e. The Bertz CT molecular complexity index is 307. The molecule has 1 aliphatic rings. The van der Waals surface area contributed by atoms with Crippen molar-refractivity contribution >= 4 is 16.7 Å². The van der Waals surface area contributed by atoms with E-state index in [1.165, 1.54) is 0 Å². The molecule has 5 heteroatoms. The molecule has 1 aliphatic heterocycles. The number of nitrogens with one attached hydrogen (secondary N) is 1. The Morgan fingerprint density at radius 3 is 2.61 bits per heavy atom. The quantitative estimate of drug-likeness (QED) is 0.762. The molecule has 0 radical (unpaired) electrons. The summed E-state index contributed by atoms with van der Waals surface area (Å²) < 4.78 is 11.1. The molecule has 1 amide bonds. The second kappa shape index (κ2) is 7.24. The number of hydrogen-bond donors (Lipinski definition) is 1. The topological polar surface area (TPSA) is 49.4 Å². The van der Waals surface area contributed by atoms with Gasteiger partial charge in [-0.25, -0.2) is 0 Å². The van der Waals surface area contributed by atoms with Crippen molar-refractivity contribution < 1.29 is 9.00 Å². The minimum atomic E-state index is -0.766. The van der Waals surface area contributed by atoms with Gasteiger partial charge in [-0.15, -0.1) is 0 Å². The molecule has 1 rings (SSSR count). The predicted molar refractivity (Wildman–Crippen MR) is 75.7 cm³/mol. The van der Waals surface area contributed by atoms with Crippen LogP contribution in [-0.2, 0) is 15.6 Å². The van der Waals surface area contributed by atoms with Crippen LogP contribution in [0.5, 0.6) is 0 Å². The SMILES string of the molecule is CCC1NC(CC(C)C)C(=O)N1CCCS(C)=O. The van der Waals surface area contributed by atoms with Crippen LogP contribution in [0.2, 0.25) is 0 Å². The molecule has 0 aromatic heterocycles. The molecule has 1 N–H and O–H groups in total. The van der Waals surface area contributed by atoms with Crippen molar-refractivity contribution in [2.75, 3.05) is 18.6 Å². The third kappa shape index (κ3) is 4.35. The summed E-state index contributed by atoms with van der Waals surface area (Å²) in [6.07, 6.45) is 4.51. The van der Waals surface area contributed by atoms with E-state index in [1.54, 1.807) is 6.26 Å². The molecule has 0 spiro atoms. The van der Waals surface area contributed by atoms with E-state index in [-0.39, 0.29) is 18.1 Å². The standard InChI is InChI=1S/C13H26N2O2S/c1-5-12-14-11(9-10(2)3)13(16)15(12)7-6-8-18(4)17/h10-12,14H,5-9H2,1-4H3. The number of amides is 1. The van der Waals surface area contributed by atoms with Crippen LogP contribution in [0.3, 0.4) is 0 Å². The fourth-order valence-corrected chi connectivity index (χ4v) is 2.97. The van der Waals surface area contributed by atoms with Gasteiger partial charge in [0.15, 0.2) is 0 Å². The molecule has 1 saturated heterocycles. The van der Waals surface area contributed by atoms with Crippen LogP contribution in [0.4, 0.5) is 0 Å². The Morgan fingerprint density at radius 2 is 2.11 bits per heavy atom. The van der Waals surface area contributed by atoms with E-state index in [9.17, 15) is 9.00 Å². The van der Waals surface area contributed by atoms with Gasteiger partial charge in [0, 0.05) is 29.4 Å². The van der Waals surface area contributed by atoms with E-state index in [0.29, 0.717) is 11.7 Å². The predicted octanol–water partition coefficient (Wildman–Crippen LogP) is 1.34. The van der Waals surface area contributed by atoms with Gasteiger partial charge >= 0.3 is 0 Å². The van der Waals surface area contributed by atoms with Crippen molar-refractivity contribution in [1.82, 2.24) is 10.2 Å². The van der Waals surface area contributed by atoms with Gasteiger partial charge in [-0.05, 0) is 25.2 Å². The summed E-state index contributed by atoms with van der Waals surface area (Å²) in [7, 11) is -0.766. The first-order valence-electron chi connectivity index (χ1n) is 6.82. The third-order valence-electron chi connectivity index (χ3n) is 3.28. The summed E-state index contributed by atoms with van der Waals surface area (Å²) >= 11 is 0. The summed E-state index contributed by atoms with van der Waals surface area (Å²) in [6.45, 7) is 7.09. The average Bonchev–Trinajstić information content (AvgIpc) is 2.56. The van der Waals surface area contributed by atoms with Crippen LogP contribution < -0.4 is 5.32 Å². The summed E-state index contributed by atoms with van der Waals surface area (Å²) in [5.41, 5.74) is 0. The van der Waals surface area contributed by atoms with Crippen LogP contribution in [-0.4, -0.2) is 45.8 Å². The second-order valence-electron chi connectivity index (χ2n) is 5.44. The van der Waals surface area contributed by atoms with E-state index in [1.807, 2.05) is 4.90 Å². The van der Waals surface area contributed by atoms with Gasteiger partial charge in [-0.1, -0.05) is 20.8 Å². The van der Waals surface area contributed by atoms with Gasteiger partial charge in [-0.2, -0.15) is 0 Å². The number of nitrogens with zero attached hydrogens (tertiary/aromatic N) is 1. The van der Waals surface area contributed by atoms with E-state index < -0.39 is 10.8 Å². The van der Waals surface area contributed by atoms with Crippen LogP contribution in [0, 0.1) is 5.92 Å². The van der Waals surface area contributed by atoms with E-state index in [4.69, 9.17) is 0 Å². The maximum atomic E-state index is 12.3. The first-order chi connectivity index (χ1) is 8.45. The Kier molecular flexibility index (Phi) is 6.29. The molecular formula is C13H26N2O2S. The second-order valence-corrected chi connectivity index (χ2v) is 6.99. The molecule has 1 fully saturated rings. The highest BCUT2D eigenvalue weighted by molar-refractivity contribution is 7.84. The highest BCUT2D eigenvalue weighted by atomic mass is 32.2. The van der Waals surface area contributed by atoms with Crippen molar-refractivity contribution in [3.05, 3.63) is 0 Å². The minimum absolute atomic E-state index is 0.0259. The van der Waals surface area contributed by atoms with E-state index >= 15 is 0 Å². The van der Waals surface area contributed by atoms with Gasteiger partial charge in [0.25, 0.3) is 0 Å². The fraction of sp³-hybridized carbons (Fsp3) is 0.923. The largest absolute Gasteiger partial charge is 0.326 e. The van der Waals surface area contributed by atoms with Crippen molar-refractivity contribution in [1.29, 1.82) is 0 Å². The van der Waals surface area contributed by atoms with Gasteiger partial charge < -0.3 is 4.90 Å². The Balaban J connectivity index is 2.53. The number of carbonyl (C=O) groups is 1. The fourth-order valence-electron chi connectivity index (χ4n) is 2.43. The zero-order valence-corrected chi connectivity index (χ0v) is 12.8. The first-order valence-corrected chi connectivity index (χ1v) is 8.55. The molecule has 0 aromatic rings. The smallest absolute Gasteiger partial charge is 0.241 e. The molecule has 4 nitrogen and oxygen atoms in total. The average molecular weight is 274 g/mol. The lowest BCUT2D eigenvalue weighted by atomic mass is 10.0. The highest BCUT2D eigenvalue weighted by Gasteiger charge is 2.37. The Hall–Kier alpha value is -0.420. The van der Waals surface area contributed by atoms with E-state index in [0.717, 1.165) is 25.8 Å². The summed E-state index contributed by atoms with van der Waals surface area (Å²) in [4.78, 5) is 14.2. The molecular weight excluding hydrogens is 248 g/mol. The first kappa shape index (κ1) is 15.6. The summed E-state index contributed by atoms with van der Waals surface area (Å²) in [5.74, 6) is 1.42. The van der Waals surface area contributed by atoms with E-state index in [2.05, 4.69) is 26.1 Å². The maximum absolute atomic E-state index is 12.3. The Morgan fingerprint density at radius 1 is 1.44 bits per heavy atom. The molecule has 18 heavy (non-hydrogen) atoms. The molecule has 0 aromatic carbocycles. The van der Waals surface area contributed by atoms with Crippen molar-refractivity contribution in [2.24, 2.45) is 5.92 Å². The third-order valence-corrected chi connectivity index (χ3v) is 4.14. The van der Waals surface area contributed by atoms with Gasteiger partial charge in [0.2, 0.25) is 5.91 Å². The molecule has 0 saturated carbocycles. The molecule has 0 aliphatic carbocycles. The van der Waals surface area contributed by atoms with Crippen LogP contribution in [0.15, 0.2) is 0 Å². The molecule has 106 valence electrons. The zero-order chi connectivity index (χ0) is 13.7. The van der Waals surface area contributed by atoms with Crippen LogP contribution >= 0.6 is 0 Å². The maximum Gasteiger partial charge on any atom is 0.241 e. The highest BCUT2D eigenvalue weighted by Crippen LogP contribution is 2.19. The van der Waals surface area contributed by atoms with Gasteiger partial charge in [0.1, 0.15) is 0 Å². The van der Waals surface area contributed by atoms with Gasteiger partial charge in [0.05, 0.1) is 12.2 Å². The van der Waals surface area contributed by atoms with Gasteiger partial charge in [-0.3, -0.25) is 14.3 Å². The number of hydrogen-bond acceptors (Lipinski definition) is 3. The number of carbonyl (C=O) groups excluding carboxylic acids is 1. The normalized spacial score (nSPS) is 26.1. The number of rotatable bonds is 7. The molecule has 3 unspecified atom stereocenters. The monoisotopic (exact) mass is 274 g/mol. The molecule has 0 bridgehead atoms. The lowest BCUT2D eigenvalue weighted by molar-refractivity contribution is -0.130. The summed E-state index contributed by atoms with van der Waals surface area (Å²) in [6, 6.07) is -0.0259. The lowest BCUT2D eigenvalue weighted by Crippen LogP contribution is -2.37. The Labute approximate surface area is 113 Å². The van der Waals surface area contributed by atoms with Crippen LogP contribution in [0.25, 0.3) is 0 Å². The molecule has 1 heterocycles. The zero-order valence-electron chi connectivity index (χ0n) is 11.9. The van der Waals surface area contributed by atoms with Crippen molar-refractivity contribution in [3.8, 4) is 0 Å². The van der Waals surface area contributed by atoms with Crippen molar-refractivity contribution in [3.63, 3.8) is 0 Å².